The number of halogens is 2. The number of rotatable bonds is 4. The number of carbonyl (C=O) groups is 1. The smallest absolute Gasteiger partial charge is 0.338 e. The Morgan fingerprint density at radius 1 is 1.35 bits per heavy atom. The van der Waals surface area contributed by atoms with Gasteiger partial charge in [-0.15, -0.1) is 0 Å². The molecule has 1 aromatic carbocycles. The quantitative estimate of drug-likeness (QED) is 0.881. The molecule has 1 saturated carbocycles. The van der Waals surface area contributed by atoms with Crippen LogP contribution in [0.5, 0.6) is 0 Å². The number of hydrogen-bond donors (Lipinski definition) is 2. The minimum Gasteiger partial charge on any atom is -0.478 e. The molecule has 2 unspecified atom stereocenters. The van der Waals surface area contributed by atoms with E-state index in [1.54, 1.807) is 0 Å². The van der Waals surface area contributed by atoms with E-state index in [9.17, 15) is 13.6 Å². The summed E-state index contributed by atoms with van der Waals surface area (Å²) in [6.45, 7) is 2.79. The lowest BCUT2D eigenvalue weighted by atomic mass is 9.82. The van der Waals surface area contributed by atoms with Crippen LogP contribution in [0.4, 0.5) is 14.5 Å². The monoisotopic (exact) mass is 283 g/mol. The van der Waals surface area contributed by atoms with Gasteiger partial charge in [-0.3, -0.25) is 0 Å². The van der Waals surface area contributed by atoms with Crippen molar-refractivity contribution in [3.05, 3.63) is 29.3 Å². The maximum Gasteiger partial charge on any atom is 0.338 e. The van der Waals surface area contributed by atoms with Crippen LogP contribution in [0.1, 0.15) is 43.0 Å². The summed E-state index contributed by atoms with van der Waals surface area (Å²) in [5, 5.41) is 11.6. The Balaban J connectivity index is 2.03. The van der Waals surface area contributed by atoms with Crippen molar-refractivity contribution in [1.82, 2.24) is 0 Å². The van der Waals surface area contributed by atoms with E-state index in [-0.39, 0.29) is 5.69 Å². The average molecular weight is 283 g/mol. The summed E-state index contributed by atoms with van der Waals surface area (Å²) >= 11 is 0. The molecule has 110 valence electrons. The van der Waals surface area contributed by atoms with Crippen molar-refractivity contribution in [3.63, 3.8) is 0 Å². The number of nitrogens with one attached hydrogen (secondary N) is 1. The summed E-state index contributed by atoms with van der Waals surface area (Å²) in [6.07, 6.45) is 4.58. The fourth-order valence-corrected chi connectivity index (χ4v) is 2.85. The molecule has 5 heteroatoms. The number of benzene rings is 1. The van der Waals surface area contributed by atoms with Crippen LogP contribution in [0.3, 0.4) is 0 Å². The molecule has 0 amide bonds. The summed E-state index contributed by atoms with van der Waals surface area (Å²) in [5.41, 5.74) is -0.606. The summed E-state index contributed by atoms with van der Waals surface area (Å²) in [5.74, 6) is -2.76. The van der Waals surface area contributed by atoms with Gasteiger partial charge in [0, 0.05) is 6.54 Å². The maximum atomic E-state index is 13.8. The Morgan fingerprint density at radius 2 is 2.10 bits per heavy atom. The normalized spacial score (nSPS) is 22.6. The second-order valence-corrected chi connectivity index (χ2v) is 5.61. The van der Waals surface area contributed by atoms with E-state index in [0.717, 1.165) is 18.9 Å². The molecular weight excluding hydrogens is 264 g/mol. The number of carboxylic acid groups (broad SMARTS) is 1. The summed E-state index contributed by atoms with van der Waals surface area (Å²) in [7, 11) is 0. The fraction of sp³-hybridized carbons (Fsp3) is 0.533. The highest BCUT2D eigenvalue weighted by molar-refractivity contribution is 5.88. The van der Waals surface area contributed by atoms with Gasteiger partial charge in [0.15, 0.2) is 11.6 Å². The van der Waals surface area contributed by atoms with Crippen molar-refractivity contribution >= 4 is 11.7 Å². The molecule has 20 heavy (non-hydrogen) atoms. The molecule has 0 saturated heterocycles. The van der Waals surface area contributed by atoms with E-state index in [4.69, 9.17) is 5.11 Å². The minimum atomic E-state index is -1.46. The molecule has 1 aliphatic carbocycles. The van der Waals surface area contributed by atoms with Crippen molar-refractivity contribution in [2.75, 3.05) is 11.9 Å². The fourth-order valence-electron chi connectivity index (χ4n) is 2.85. The topological polar surface area (TPSA) is 49.3 Å². The van der Waals surface area contributed by atoms with Crippen LogP contribution in [-0.4, -0.2) is 17.6 Å². The van der Waals surface area contributed by atoms with E-state index < -0.39 is 23.2 Å². The molecule has 0 spiro atoms. The van der Waals surface area contributed by atoms with E-state index in [1.165, 1.54) is 18.9 Å². The molecule has 0 aromatic heterocycles. The van der Waals surface area contributed by atoms with Crippen LogP contribution in [-0.2, 0) is 0 Å². The third kappa shape index (κ3) is 3.26. The molecule has 2 atom stereocenters. The number of carboxylic acids is 1. The Kier molecular flexibility index (Phi) is 4.57. The van der Waals surface area contributed by atoms with Crippen LogP contribution >= 0.6 is 0 Å². The summed E-state index contributed by atoms with van der Waals surface area (Å²) in [6, 6.07) is 2.38. The minimum absolute atomic E-state index is 0.0331. The first kappa shape index (κ1) is 14.8. The van der Waals surface area contributed by atoms with Gasteiger partial charge in [0.25, 0.3) is 0 Å². The second-order valence-electron chi connectivity index (χ2n) is 5.61. The molecule has 3 nitrogen and oxygen atoms in total. The lowest BCUT2D eigenvalue weighted by Crippen LogP contribution is -2.21. The average Bonchev–Trinajstić information content (AvgIpc) is 2.40. The molecule has 0 bridgehead atoms. The number of aromatic carboxylic acids is 1. The van der Waals surface area contributed by atoms with Gasteiger partial charge in [0.2, 0.25) is 0 Å². The van der Waals surface area contributed by atoms with Crippen molar-refractivity contribution in [3.8, 4) is 0 Å². The van der Waals surface area contributed by atoms with Crippen LogP contribution < -0.4 is 5.32 Å². The third-order valence-corrected chi connectivity index (χ3v) is 3.94. The van der Waals surface area contributed by atoms with Crippen molar-refractivity contribution in [2.24, 2.45) is 11.8 Å². The highest BCUT2D eigenvalue weighted by Crippen LogP contribution is 2.29. The maximum absolute atomic E-state index is 13.8. The van der Waals surface area contributed by atoms with Gasteiger partial charge in [-0.25, -0.2) is 13.6 Å². The third-order valence-electron chi connectivity index (χ3n) is 3.94. The summed E-state index contributed by atoms with van der Waals surface area (Å²) in [4.78, 5) is 10.7. The first-order chi connectivity index (χ1) is 9.49. The van der Waals surface area contributed by atoms with Gasteiger partial charge < -0.3 is 10.4 Å². The second kappa shape index (κ2) is 6.20. The predicted octanol–water partition coefficient (Wildman–Crippen LogP) is 3.90. The molecule has 2 N–H and O–H groups in total. The first-order valence-electron chi connectivity index (χ1n) is 6.94. The Bertz CT molecular complexity index is 505. The Labute approximate surface area is 117 Å². The van der Waals surface area contributed by atoms with E-state index in [0.29, 0.717) is 18.4 Å². The molecule has 1 aromatic rings. The lowest BCUT2D eigenvalue weighted by Gasteiger charge is -2.27. The van der Waals surface area contributed by atoms with Crippen LogP contribution in [0.25, 0.3) is 0 Å². The van der Waals surface area contributed by atoms with Gasteiger partial charge in [0.05, 0.1) is 11.3 Å². The van der Waals surface area contributed by atoms with Crippen LogP contribution in [0.15, 0.2) is 12.1 Å². The van der Waals surface area contributed by atoms with Gasteiger partial charge in [-0.2, -0.15) is 0 Å². The van der Waals surface area contributed by atoms with E-state index in [2.05, 4.69) is 12.2 Å². The first-order valence-corrected chi connectivity index (χ1v) is 6.94. The van der Waals surface area contributed by atoms with Crippen molar-refractivity contribution in [1.29, 1.82) is 0 Å². The van der Waals surface area contributed by atoms with Gasteiger partial charge in [-0.1, -0.05) is 19.8 Å². The predicted molar refractivity (Wildman–Crippen MR) is 72.9 cm³/mol. The highest BCUT2D eigenvalue weighted by atomic mass is 19.2. The standard InChI is InChI=1S/C15H19F2NO2/c1-9-3-2-4-10(7-9)8-18-12-6-5-11(15(19)20)13(16)14(12)17/h5-6,9-10,18H,2-4,7-8H2,1H3,(H,19,20). The van der Waals surface area contributed by atoms with E-state index in [1.807, 2.05) is 0 Å². The van der Waals surface area contributed by atoms with Crippen LogP contribution in [0.2, 0.25) is 0 Å². The zero-order valence-electron chi connectivity index (χ0n) is 11.5. The van der Waals surface area contributed by atoms with Crippen molar-refractivity contribution in [2.45, 2.75) is 32.6 Å². The zero-order chi connectivity index (χ0) is 14.7. The number of anilines is 1. The molecule has 0 heterocycles. The van der Waals surface area contributed by atoms with Crippen molar-refractivity contribution < 1.29 is 18.7 Å². The molecule has 1 fully saturated rings. The largest absolute Gasteiger partial charge is 0.478 e. The molecule has 0 radical (unpaired) electrons. The lowest BCUT2D eigenvalue weighted by molar-refractivity contribution is 0.0690. The summed E-state index contributed by atoms with van der Waals surface area (Å²) < 4.78 is 27.3. The van der Waals surface area contributed by atoms with Gasteiger partial charge >= 0.3 is 5.97 Å². The zero-order valence-corrected chi connectivity index (χ0v) is 11.5. The van der Waals surface area contributed by atoms with Crippen LogP contribution in [0, 0.1) is 23.5 Å². The SMILES string of the molecule is CC1CCCC(CNc2ccc(C(=O)O)c(F)c2F)C1. The van der Waals surface area contributed by atoms with Gasteiger partial charge in [0.1, 0.15) is 0 Å². The molecular formula is C15H19F2NO2. The van der Waals surface area contributed by atoms with E-state index >= 15 is 0 Å². The highest BCUT2D eigenvalue weighted by Gasteiger charge is 2.21. The van der Waals surface area contributed by atoms with Gasteiger partial charge in [-0.05, 0) is 36.8 Å². The Hall–Kier alpha value is -1.65. The molecule has 1 aliphatic rings. The Morgan fingerprint density at radius 3 is 2.75 bits per heavy atom. The molecule has 2 rings (SSSR count). The molecule has 0 aliphatic heterocycles. The number of hydrogen-bond acceptors (Lipinski definition) is 2.